The molecule has 0 bridgehead atoms. The quantitative estimate of drug-likeness (QED) is 0.295. The van der Waals surface area contributed by atoms with Crippen LogP contribution < -0.4 is 5.48 Å². The van der Waals surface area contributed by atoms with Crippen LogP contribution in [0.1, 0.15) is 68.6 Å². The number of aryl methyl sites for hydroxylation is 3. The number of ketones is 1. The molecule has 2 rings (SSSR count). The largest absolute Gasteiger partial charge is 0.300 e. The third-order valence-electron chi connectivity index (χ3n) is 4.76. The smallest absolute Gasteiger partial charge is 0.243 e. The van der Waals surface area contributed by atoms with Crippen LogP contribution in [-0.4, -0.2) is 16.9 Å². The molecule has 0 aromatic heterocycles. The van der Waals surface area contributed by atoms with E-state index in [0.717, 1.165) is 38.5 Å². The number of nitrogens with one attached hydrogen (secondary N) is 1. The zero-order chi connectivity index (χ0) is 21.3. The van der Waals surface area contributed by atoms with Gasteiger partial charge in [-0.25, -0.2) is 5.48 Å². The summed E-state index contributed by atoms with van der Waals surface area (Å²) in [5.41, 5.74) is 5.60. The van der Waals surface area contributed by atoms with Crippen molar-refractivity contribution in [3.05, 3.63) is 71.3 Å². The molecule has 0 saturated carbocycles. The minimum atomic E-state index is -0.344. The maximum atomic E-state index is 11.7. The zero-order valence-corrected chi connectivity index (χ0v) is 17.8. The first-order valence-electron chi connectivity index (χ1n) is 10.6. The molecule has 0 atom stereocenters. The van der Waals surface area contributed by atoms with Crippen molar-refractivity contribution in [2.45, 2.75) is 71.6 Å². The molecule has 0 spiro atoms. The van der Waals surface area contributed by atoms with E-state index >= 15 is 0 Å². The summed E-state index contributed by atoms with van der Waals surface area (Å²) in [7, 11) is 0. The molecule has 158 valence electrons. The van der Waals surface area contributed by atoms with Crippen molar-refractivity contribution in [1.29, 1.82) is 0 Å². The van der Waals surface area contributed by atoms with Gasteiger partial charge in [0.2, 0.25) is 5.91 Å². The lowest BCUT2D eigenvalue weighted by atomic mass is 10.0. The topological polar surface area (TPSA) is 66.4 Å². The SMILES string of the molecule is CCc1cccc(C)c1.O=C(CCCCCCC(=O)NO)CCc1ccccc1. The molecular formula is C25H35NO3. The zero-order valence-electron chi connectivity index (χ0n) is 17.8. The number of unbranched alkanes of at least 4 members (excludes halogenated alkanes) is 3. The number of carbonyl (C=O) groups excluding carboxylic acids is 2. The van der Waals surface area contributed by atoms with Crippen LogP contribution in [0.2, 0.25) is 0 Å². The second-order valence-corrected chi connectivity index (χ2v) is 7.32. The molecule has 4 nitrogen and oxygen atoms in total. The highest BCUT2D eigenvalue weighted by molar-refractivity contribution is 5.78. The minimum absolute atomic E-state index is 0.307. The van der Waals surface area contributed by atoms with E-state index < -0.39 is 0 Å². The summed E-state index contributed by atoms with van der Waals surface area (Å²) in [5.74, 6) is -0.0362. The molecule has 0 saturated heterocycles. The first kappa shape index (κ1) is 24.6. The van der Waals surface area contributed by atoms with Gasteiger partial charge in [0, 0.05) is 19.3 Å². The number of hydrogen-bond acceptors (Lipinski definition) is 3. The van der Waals surface area contributed by atoms with Gasteiger partial charge in [-0.3, -0.25) is 14.8 Å². The van der Waals surface area contributed by atoms with Gasteiger partial charge in [-0.1, -0.05) is 79.9 Å². The van der Waals surface area contributed by atoms with Crippen LogP contribution in [0.4, 0.5) is 0 Å². The van der Waals surface area contributed by atoms with Crippen LogP contribution in [0, 0.1) is 6.92 Å². The van der Waals surface area contributed by atoms with Crippen molar-refractivity contribution < 1.29 is 14.8 Å². The number of Topliss-reactive ketones (excluding diaryl/α,β-unsaturated/α-hetero) is 1. The molecule has 0 fully saturated rings. The van der Waals surface area contributed by atoms with Crippen molar-refractivity contribution >= 4 is 11.7 Å². The molecule has 4 heteroatoms. The number of hydroxylamine groups is 1. The maximum Gasteiger partial charge on any atom is 0.243 e. The number of amides is 1. The minimum Gasteiger partial charge on any atom is -0.300 e. The van der Waals surface area contributed by atoms with Crippen molar-refractivity contribution in [2.75, 3.05) is 0 Å². The molecule has 0 unspecified atom stereocenters. The summed E-state index contributed by atoms with van der Waals surface area (Å²) in [6.45, 7) is 4.30. The molecule has 2 N–H and O–H groups in total. The highest BCUT2D eigenvalue weighted by Crippen LogP contribution is 2.09. The van der Waals surface area contributed by atoms with Crippen molar-refractivity contribution in [3.8, 4) is 0 Å². The van der Waals surface area contributed by atoms with Crippen LogP contribution in [0.3, 0.4) is 0 Å². The maximum absolute atomic E-state index is 11.7. The molecule has 0 aliphatic carbocycles. The predicted octanol–water partition coefficient (Wildman–Crippen LogP) is 5.59. The van der Waals surface area contributed by atoms with Crippen molar-refractivity contribution in [1.82, 2.24) is 5.48 Å². The van der Waals surface area contributed by atoms with E-state index in [2.05, 4.69) is 38.1 Å². The van der Waals surface area contributed by atoms with Gasteiger partial charge in [0.1, 0.15) is 5.78 Å². The summed E-state index contributed by atoms with van der Waals surface area (Å²) in [4.78, 5) is 22.5. The highest BCUT2D eigenvalue weighted by atomic mass is 16.5. The Morgan fingerprint density at radius 3 is 2.07 bits per heavy atom. The standard InChI is InChI=1S/C16H23NO3.C9H12/c18-15(13-12-14-8-4-3-5-9-14)10-6-1-2-7-11-16(19)17-20;1-3-9-6-4-5-8(2)7-9/h3-5,8-9,20H,1-2,6-7,10-13H2,(H,17,19);4-7H,3H2,1-2H3. The van der Waals surface area contributed by atoms with Crippen LogP contribution in [0.25, 0.3) is 0 Å². The fourth-order valence-corrected chi connectivity index (χ4v) is 3.00. The third-order valence-corrected chi connectivity index (χ3v) is 4.76. The van der Waals surface area contributed by atoms with E-state index in [1.807, 2.05) is 30.3 Å². The molecule has 0 heterocycles. The van der Waals surface area contributed by atoms with Gasteiger partial charge in [-0.2, -0.15) is 0 Å². The normalized spacial score (nSPS) is 10.0. The summed E-state index contributed by atoms with van der Waals surface area (Å²) in [6.07, 6.45) is 7.04. The van der Waals surface area contributed by atoms with Gasteiger partial charge in [0.15, 0.2) is 0 Å². The lowest BCUT2D eigenvalue weighted by molar-refractivity contribution is -0.129. The Balaban J connectivity index is 0.000000387. The summed E-state index contributed by atoms with van der Waals surface area (Å²) >= 11 is 0. The van der Waals surface area contributed by atoms with Crippen molar-refractivity contribution in [2.24, 2.45) is 0 Å². The number of benzene rings is 2. The second-order valence-electron chi connectivity index (χ2n) is 7.32. The van der Waals surface area contributed by atoms with Gasteiger partial charge >= 0.3 is 0 Å². The molecule has 0 aliphatic rings. The molecule has 0 aliphatic heterocycles. The Morgan fingerprint density at radius 2 is 1.48 bits per heavy atom. The van der Waals surface area contributed by atoms with Crippen LogP contribution >= 0.6 is 0 Å². The van der Waals surface area contributed by atoms with E-state index in [4.69, 9.17) is 5.21 Å². The molecule has 2 aromatic rings. The van der Waals surface area contributed by atoms with Gasteiger partial charge in [0.05, 0.1) is 0 Å². The Morgan fingerprint density at radius 1 is 0.828 bits per heavy atom. The van der Waals surface area contributed by atoms with Gasteiger partial charge in [-0.15, -0.1) is 0 Å². The van der Waals surface area contributed by atoms with E-state index in [-0.39, 0.29) is 5.91 Å². The number of rotatable bonds is 11. The Labute approximate surface area is 175 Å². The Hall–Kier alpha value is -2.46. The summed E-state index contributed by atoms with van der Waals surface area (Å²) in [6, 6.07) is 18.6. The van der Waals surface area contributed by atoms with E-state index in [9.17, 15) is 9.59 Å². The molecule has 29 heavy (non-hydrogen) atoms. The first-order chi connectivity index (χ1) is 14.0. The highest BCUT2D eigenvalue weighted by Gasteiger charge is 2.03. The van der Waals surface area contributed by atoms with Gasteiger partial charge < -0.3 is 0 Å². The van der Waals surface area contributed by atoms with E-state index in [1.54, 1.807) is 5.48 Å². The number of carbonyl (C=O) groups is 2. The Kier molecular flexibility index (Phi) is 13.1. The summed E-state index contributed by atoms with van der Waals surface area (Å²) < 4.78 is 0. The fourth-order valence-electron chi connectivity index (χ4n) is 3.00. The summed E-state index contributed by atoms with van der Waals surface area (Å²) in [5, 5.41) is 8.32. The van der Waals surface area contributed by atoms with Crippen LogP contribution in [0.15, 0.2) is 54.6 Å². The third kappa shape index (κ3) is 12.6. The lowest BCUT2D eigenvalue weighted by Crippen LogP contribution is -2.17. The molecule has 1 amide bonds. The average Bonchev–Trinajstić information content (AvgIpc) is 2.75. The van der Waals surface area contributed by atoms with Gasteiger partial charge in [-0.05, 0) is 43.7 Å². The lowest BCUT2D eigenvalue weighted by Gasteiger charge is -2.02. The molecular weight excluding hydrogens is 362 g/mol. The fraction of sp³-hybridized carbons (Fsp3) is 0.440. The van der Waals surface area contributed by atoms with Crippen molar-refractivity contribution in [3.63, 3.8) is 0 Å². The average molecular weight is 398 g/mol. The second kappa shape index (κ2) is 15.5. The van der Waals surface area contributed by atoms with Crippen LogP contribution in [0.5, 0.6) is 0 Å². The molecule has 0 radical (unpaired) electrons. The van der Waals surface area contributed by atoms with E-state index in [0.29, 0.717) is 25.0 Å². The molecule has 2 aromatic carbocycles. The number of hydrogen-bond donors (Lipinski definition) is 2. The predicted molar refractivity (Wildman–Crippen MR) is 118 cm³/mol. The van der Waals surface area contributed by atoms with Crippen LogP contribution in [-0.2, 0) is 22.4 Å². The Bertz CT molecular complexity index is 713. The van der Waals surface area contributed by atoms with Gasteiger partial charge in [0.25, 0.3) is 0 Å². The first-order valence-corrected chi connectivity index (χ1v) is 10.6. The monoisotopic (exact) mass is 397 g/mol. The van der Waals surface area contributed by atoms with E-state index in [1.165, 1.54) is 16.7 Å².